The molecule has 0 radical (unpaired) electrons. The van der Waals surface area contributed by atoms with E-state index in [0.29, 0.717) is 36.5 Å². The molecule has 4 rings (SSSR count). The van der Waals surface area contributed by atoms with Crippen molar-refractivity contribution in [3.63, 3.8) is 0 Å². The third kappa shape index (κ3) is 3.12. The third-order valence-electron chi connectivity index (χ3n) is 5.54. The van der Waals surface area contributed by atoms with E-state index in [9.17, 15) is 14.7 Å². The van der Waals surface area contributed by atoms with E-state index in [2.05, 4.69) is 10.6 Å². The number of piperidine rings is 1. The second-order valence-corrected chi connectivity index (χ2v) is 7.19. The number of anilines is 1. The normalized spacial score (nSPS) is 24.3. The van der Waals surface area contributed by atoms with Gasteiger partial charge in [0.25, 0.3) is 11.8 Å². The lowest BCUT2D eigenvalue weighted by Crippen LogP contribution is -2.61. The molecule has 0 aromatic heterocycles. The maximum absolute atomic E-state index is 13.1. The molecule has 28 heavy (non-hydrogen) atoms. The van der Waals surface area contributed by atoms with Crippen LogP contribution in [-0.2, 0) is 10.3 Å². The molecule has 7 nitrogen and oxygen atoms in total. The zero-order valence-electron chi connectivity index (χ0n) is 15.6. The molecule has 2 aromatic carbocycles. The average molecular weight is 381 g/mol. The van der Waals surface area contributed by atoms with Gasteiger partial charge in [0.1, 0.15) is 5.75 Å². The van der Waals surface area contributed by atoms with Crippen molar-refractivity contribution in [2.75, 3.05) is 31.6 Å². The number of carbonyl (C=O) groups excluding carboxylic acids is 2. The molecule has 0 saturated carbocycles. The van der Waals surface area contributed by atoms with Crippen LogP contribution in [0.25, 0.3) is 0 Å². The molecule has 0 aliphatic carbocycles. The number of benzene rings is 2. The van der Waals surface area contributed by atoms with E-state index in [1.807, 2.05) is 30.3 Å². The van der Waals surface area contributed by atoms with Crippen molar-refractivity contribution in [1.29, 1.82) is 0 Å². The Kier molecular flexibility index (Phi) is 4.78. The molecule has 2 aliphatic rings. The summed E-state index contributed by atoms with van der Waals surface area (Å²) in [6, 6.07) is 14.6. The standard InChI is InChI=1S/C21H23N3O4/c1-24-16-11-14(7-8-17(16)28-13-19(24)26)20(27)23-21(9-10-22-12-18(21)25)15-5-3-2-4-6-15/h2-8,11,18,22,25H,9-10,12-13H2,1H3,(H,23,27)/t18-,21-/m1/s1. The molecular formula is C21H23N3O4. The first kappa shape index (κ1) is 18.5. The Morgan fingerprint density at radius 3 is 2.82 bits per heavy atom. The van der Waals surface area contributed by atoms with Gasteiger partial charge in [0.05, 0.1) is 17.3 Å². The van der Waals surface area contributed by atoms with E-state index in [1.165, 1.54) is 4.90 Å². The summed E-state index contributed by atoms with van der Waals surface area (Å²) in [5.41, 5.74) is 0.956. The number of rotatable bonds is 3. The number of amides is 2. The first-order valence-electron chi connectivity index (χ1n) is 9.31. The smallest absolute Gasteiger partial charge is 0.264 e. The summed E-state index contributed by atoms with van der Waals surface area (Å²) in [6.07, 6.45) is -0.200. The van der Waals surface area contributed by atoms with Crippen molar-refractivity contribution in [1.82, 2.24) is 10.6 Å². The van der Waals surface area contributed by atoms with Crippen LogP contribution in [0, 0.1) is 0 Å². The zero-order valence-corrected chi connectivity index (χ0v) is 15.6. The first-order valence-corrected chi connectivity index (χ1v) is 9.31. The van der Waals surface area contributed by atoms with Crippen molar-refractivity contribution in [3.05, 3.63) is 59.7 Å². The Morgan fingerprint density at radius 1 is 1.29 bits per heavy atom. The molecule has 3 N–H and O–H groups in total. The van der Waals surface area contributed by atoms with Crippen LogP contribution in [0.4, 0.5) is 5.69 Å². The Balaban J connectivity index is 1.67. The number of carbonyl (C=O) groups is 2. The van der Waals surface area contributed by atoms with Crippen molar-refractivity contribution < 1.29 is 19.4 Å². The number of likely N-dealkylation sites (N-methyl/N-ethyl adjacent to an activating group) is 1. The summed E-state index contributed by atoms with van der Waals surface area (Å²) in [5.74, 6) is 0.0944. The molecule has 2 amide bonds. The SMILES string of the molecule is CN1C(=O)COc2ccc(C(=O)N[C@@]3(c4ccccc4)CCNC[C@H]3O)cc21. The molecule has 1 saturated heterocycles. The van der Waals surface area contributed by atoms with Crippen molar-refractivity contribution in [2.45, 2.75) is 18.1 Å². The topological polar surface area (TPSA) is 90.9 Å². The van der Waals surface area contributed by atoms with Crippen molar-refractivity contribution >= 4 is 17.5 Å². The number of nitrogens with zero attached hydrogens (tertiary/aromatic N) is 1. The number of hydrogen-bond acceptors (Lipinski definition) is 5. The molecular weight excluding hydrogens is 358 g/mol. The van der Waals surface area contributed by atoms with E-state index in [-0.39, 0.29) is 18.4 Å². The largest absolute Gasteiger partial charge is 0.482 e. The fraction of sp³-hybridized carbons (Fsp3) is 0.333. The fourth-order valence-corrected chi connectivity index (χ4v) is 3.84. The highest BCUT2D eigenvalue weighted by Crippen LogP contribution is 2.34. The average Bonchev–Trinajstić information content (AvgIpc) is 2.73. The van der Waals surface area contributed by atoms with Gasteiger partial charge in [0.2, 0.25) is 0 Å². The molecule has 146 valence electrons. The van der Waals surface area contributed by atoms with Crippen LogP contribution in [0.15, 0.2) is 48.5 Å². The van der Waals surface area contributed by atoms with Crippen LogP contribution >= 0.6 is 0 Å². The second kappa shape index (κ2) is 7.26. The third-order valence-corrected chi connectivity index (χ3v) is 5.54. The summed E-state index contributed by atoms with van der Waals surface area (Å²) in [6.45, 7) is 1.07. The number of β-amino-alcohol motifs (C(OH)–C–C–N with tert-alkyl or cyclic N) is 1. The minimum absolute atomic E-state index is 0.00858. The Labute approximate surface area is 163 Å². The fourth-order valence-electron chi connectivity index (χ4n) is 3.84. The van der Waals surface area contributed by atoms with E-state index in [4.69, 9.17) is 4.74 Å². The Morgan fingerprint density at radius 2 is 2.07 bits per heavy atom. The molecule has 7 heteroatoms. The molecule has 2 aromatic rings. The lowest BCUT2D eigenvalue weighted by Gasteiger charge is -2.43. The van der Waals surface area contributed by atoms with Crippen LogP contribution in [-0.4, -0.2) is 49.8 Å². The highest BCUT2D eigenvalue weighted by molar-refractivity contribution is 6.01. The van der Waals surface area contributed by atoms with Crippen molar-refractivity contribution in [2.24, 2.45) is 0 Å². The lowest BCUT2D eigenvalue weighted by atomic mass is 9.79. The highest BCUT2D eigenvalue weighted by atomic mass is 16.5. The Hall–Kier alpha value is -2.90. The summed E-state index contributed by atoms with van der Waals surface area (Å²) in [5, 5.41) is 17.0. The van der Waals surface area contributed by atoms with Gasteiger partial charge < -0.3 is 25.4 Å². The van der Waals surface area contributed by atoms with Crippen LogP contribution in [0.2, 0.25) is 0 Å². The molecule has 0 bridgehead atoms. The maximum Gasteiger partial charge on any atom is 0.264 e. The van der Waals surface area contributed by atoms with Gasteiger partial charge in [-0.2, -0.15) is 0 Å². The van der Waals surface area contributed by atoms with Gasteiger partial charge in [-0.25, -0.2) is 0 Å². The summed E-state index contributed by atoms with van der Waals surface area (Å²) >= 11 is 0. The molecule has 2 aliphatic heterocycles. The van der Waals surface area contributed by atoms with Crippen molar-refractivity contribution in [3.8, 4) is 5.75 Å². The monoisotopic (exact) mass is 381 g/mol. The van der Waals surface area contributed by atoms with Gasteiger partial charge in [0.15, 0.2) is 6.61 Å². The highest BCUT2D eigenvalue weighted by Gasteiger charge is 2.43. The summed E-state index contributed by atoms with van der Waals surface area (Å²) < 4.78 is 5.43. The van der Waals surface area contributed by atoms with Gasteiger partial charge in [0, 0.05) is 19.2 Å². The van der Waals surface area contributed by atoms with Crippen LogP contribution in [0.1, 0.15) is 22.3 Å². The maximum atomic E-state index is 13.1. The van der Waals surface area contributed by atoms with Gasteiger partial charge >= 0.3 is 0 Å². The van der Waals surface area contributed by atoms with E-state index < -0.39 is 11.6 Å². The summed E-state index contributed by atoms with van der Waals surface area (Å²) in [7, 11) is 1.66. The number of aliphatic hydroxyl groups is 1. The van der Waals surface area contributed by atoms with Gasteiger partial charge in [-0.05, 0) is 36.7 Å². The lowest BCUT2D eigenvalue weighted by molar-refractivity contribution is -0.120. The molecule has 0 unspecified atom stereocenters. The van der Waals surface area contributed by atoms with Gasteiger partial charge in [-0.15, -0.1) is 0 Å². The first-order chi connectivity index (χ1) is 13.5. The predicted octanol–water partition coefficient (Wildman–Crippen LogP) is 1.02. The molecule has 0 spiro atoms. The quantitative estimate of drug-likeness (QED) is 0.739. The van der Waals surface area contributed by atoms with Gasteiger partial charge in [-0.3, -0.25) is 9.59 Å². The van der Waals surface area contributed by atoms with Crippen LogP contribution in [0.5, 0.6) is 5.75 Å². The number of aliphatic hydroxyl groups excluding tert-OH is 1. The second-order valence-electron chi connectivity index (χ2n) is 7.19. The molecule has 1 fully saturated rings. The van der Waals surface area contributed by atoms with Crippen LogP contribution in [0.3, 0.4) is 0 Å². The summed E-state index contributed by atoms with van der Waals surface area (Å²) in [4.78, 5) is 26.5. The number of fused-ring (bicyclic) bond motifs is 1. The van der Waals surface area contributed by atoms with Gasteiger partial charge in [-0.1, -0.05) is 30.3 Å². The Bertz CT molecular complexity index is 902. The predicted molar refractivity (Wildman–Crippen MR) is 104 cm³/mol. The van der Waals surface area contributed by atoms with Crippen LogP contribution < -0.4 is 20.3 Å². The van der Waals surface area contributed by atoms with E-state index in [1.54, 1.807) is 25.2 Å². The minimum atomic E-state index is -0.877. The minimum Gasteiger partial charge on any atom is -0.482 e. The number of ether oxygens (including phenoxy) is 1. The zero-order chi connectivity index (χ0) is 19.7. The number of nitrogens with one attached hydrogen (secondary N) is 2. The molecule has 2 heterocycles. The van der Waals surface area contributed by atoms with E-state index >= 15 is 0 Å². The van der Waals surface area contributed by atoms with E-state index in [0.717, 1.165) is 5.56 Å². The number of hydrogen-bond donors (Lipinski definition) is 3. The molecule has 2 atom stereocenters.